The van der Waals surface area contributed by atoms with Crippen molar-refractivity contribution in [3.05, 3.63) is 20.2 Å². The van der Waals surface area contributed by atoms with Crippen LogP contribution in [-0.4, -0.2) is 10.2 Å². The third kappa shape index (κ3) is 9.14. The smallest absolute Gasteiger partial charge is 0.105 e. The van der Waals surface area contributed by atoms with Gasteiger partial charge in [0.1, 0.15) is 0 Å². The Hall–Kier alpha value is -0.400. The van der Waals surface area contributed by atoms with Gasteiger partial charge in [-0.05, 0) is 0 Å². The predicted molar refractivity (Wildman–Crippen MR) is 15.1 cm³/mol. The quantitative estimate of drug-likeness (QED) is 0.219. The summed E-state index contributed by atoms with van der Waals surface area (Å²) in [6.07, 6.45) is 0. The third-order valence-corrected chi connectivity index (χ3v) is 0.133. The molecule has 0 aromatic rings. The van der Waals surface area contributed by atoms with E-state index in [-0.39, 0.29) is 29.6 Å². The Morgan fingerprint density at radius 1 is 1.12 bits per heavy atom. The molecule has 0 rings (SSSR count). The van der Waals surface area contributed by atoms with Gasteiger partial charge in [-0.3, -0.25) is 0 Å². The molecule has 0 fully saturated rings. The Labute approximate surface area is 65.1 Å². The molecular weight excluding hydrogens is 131 g/mol. The molecule has 0 atom stereocenters. The van der Waals surface area contributed by atoms with Crippen LogP contribution in [0, 0.1) is 20.2 Å². The van der Waals surface area contributed by atoms with Crippen molar-refractivity contribution in [3.8, 4) is 0 Å². The largest absolute Gasteiger partial charge is 1.00 e. The van der Waals surface area contributed by atoms with Gasteiger partial charge in [0.2, 0.25) is 0 Å². The first kappa shape index (κ1) is 10.6. The van der Waals surface area contributed by atoms with Crippen LogP contribution in [0.5, 0.6) is 0 Å². The summed E-state index contributed by atoms with van der Waals surface area (Å²) in [6.45, 7) is 0. The summed E-state index contributed by atoms with van der Waals surface area (Å²) in [6, 6.07) is 0. The van der Waals surface area contributed by atoms with Crippen LogP contribution in [0.4, 0.5) is 0 Å². The van der Waals surface area contributed by atoms with Crippen molar-refractivity contribution >= 4 is 0 Å². The fourth-order valence-electron chi connectivity index (χ4n) is 0.0544. The summed E-state index contributed by atoms with van der Waals surface area (Å²) in [7, 11) is 0. The van der Waals surface area contributed by atoms with Crippen LogP contribution < -0.4 is 29.6 Å². The van der Waals surface area contributed by atoms with E-state index in [2.05, 4.69) is 4.94 Å². The fraction of sp³-hybridized carbons (Fsp3) is 0. The van der Waals surface area contributed by atoms with Crippen LogP contribution in [0.25, 0.3) is 0 Å². The van der Waals surface area contributed by atoms with E-state index in [0.29, 0.717) is 0 Å². The monoisotopic (exact) mass is 131 g/mol. The van der Waals surface area contributed by atoms with Crippen molar-refractivity contribution in [2.45, 2.75) is 0 Å². The molecule has 0 N–H and O–H groups in total. The number of hydrogen-bond donors (Lipinski definition) is 0. The number of nitrogens with zero attached hydrogens (tertiary/aromatic N) is 2. The second-order valence-corrected chi connectivity index (χ2v) is 0.529. The Balaban J connectivity index is 0. The van der Waals surface area contributed by atoms with Gasteiger partial charge in [-0.25, -0.2) is 0 Å². The maximum absolute atomic E-state index is 8.95. The SMILES string of the molecule is O=[N+]([O-])O[N+](=O)[O-].[Na+]. The van der Waals surface area contributed by atoms with Gasteiger partial charge in [-0.1, -0.05) is 0 Å². The average Bonchev–Trinajstić information content (AvgIpc) is 1.27. The molecule has 0 saturated carbocycles. The molecule has 40 valence electrons. The summed E-state index contributed by atoms with van der Waals surface area (Å²) in [4.78, 5) is 20.6. The summed E-state index contributed by atoms with van der Waals surface area (Å²) >= 11 is 0. The van der Waals surface area contributed by atoms with E-state index in [1.165, 1.54) is 0 Å². The van der Waals surface area contributed by atoms with Crippen molar-refractivity contribution in [3.63, 3.8) is 0 Å². The molecule has 0 radical (unpaired) electrons. The Morgan fingerprint density at radius 2 is 1.38 bits per heavy atom. The first-order chi connectivity index (χ1) is 3.13. The van der Waals surface area contributed by atoms with Crippen LogP contribution in [-0.2, 0) is 4.94 Å². The average molecular weight is 131 g/mol. The molecule has 0 saturated heterocycles. The summed E-state index contributed by atoms with van der Waals surface area (Å²) in [5.41, 5.74) is 0. The Bertz CT molecular complexity index is 86.6. The van der Waals surface area contributed by atoms with Gasteiger partial charge in [0, 0.05) is 4.94 Å². The molecule has 8 heteroatoms. The predicted octanol–water partition coefficient (Wildman–Crippen LogP) is -3.61. The van der Waals surface area contributed by atoms with Gasteiger partial charge in [0.15, 0.2) is 0 Å². The summed E-state index contributed by atoms with van der Waals surface area (Å²) in [5.74, 6) is 0. The molecule has 0 aromatic heterocycles. The molecule has 0 heterocycles. The maximum Gasteiger partial charge on any atom is 1.00 e. The van der Waals surface area contributed by atoms with Crippen molar-refractivity contribution in [1.29, 1.82) is 0 Å². The van der Waals surface area contributed by atoms with Gasteiger partial charge >= 0.3 is 39.7 Å². The molecule has 0 bridgehead atoms. The molecular formula is N2NaO5+. The minimum absolute atomic E-state index is 0. The van der Waals surface area contributed by atoms with Gasteiger partial charge in [-0.15, -0.1) is 20.2 Å². The Kier molecular flexibility index (Phi) is 6.27. The fourth-order valence-corrected chi connectivity index (χ4v) is 0.0544. The maximum atomic E-state index is 8.95. The zero-order chi connectivity index (χ0) is 5.86. The van der Waals surface area contributed by atoms with E-state index in [1.807, 2.05) is 0 Å². The van der Waals surface area contributed by atoms with Crippen LogP contribution >= 0.6 is 0 Å². The van der Waals surface area contributed by atoms with Gasteiger partial charge < -0.3 is 0 Å². The van der Waals surface area contributed by atoms with Crippen LogP contribution in [0.1, 0.15) is 0 Å². The van der Waals surface area contributed by atoms with E-state index in [1.54, 1.807) is 0 Å². The Morgan fingerprint density at radius 3 is 1.38 bits per heavy atom. The van der Waals surface area contributed by atoms with E-state index < -0.39 is 10.2 Å². The van der Waals surface area contributed by atoms with Crippen molar-refractivity contribution in [2.75, 3.05) is 0 Å². The van der Waals surface area contributed by atoms with Crippen LogP contribution in [0.2, 0.25) is 0 Å². The van der Waals surface area contributed by atoms with Crippen LogP contribution in [0.3, 0.4) is 0 Å². The van der Waals surface area contributed by atoms with Crippen molar-refractivity contribution in [2.24, 2.45) is 0 Å². The van der Waals surface area contributed by atoms with Crippen molar-refractivity contribution < 1.29 is 44.7 Å². The zero-order valence-electron chi connectivity index (χ0n) is 3.94. The van der Waals surface area contributed by atoms with E-state index >= 15 is 0 Å². The zero-order valence-corrected chi connectivity index (χ0v) is 5.94. The first-order valence-corrected chi connectivity index (χ1v) is 1.10. The molecule has 0 aliphatic carbocycles. The molecule has 0 aromatic carbocycles. The van der Waals surface area contributed by atoms with Crippen molar-refractivity contribution in [1.82, 2.24) is 0 Å². The van der Waals surface area contributed by atoms with E-state index in [4.69, 9.17) is 20.2 Å². The molecule has 0 amide bonds. The number of hydrogen-bond acceptors (Lipinski definition) is 5. The third-order valence-electron chi connectivity index (χ3n) is 0.133. The van der Waals surface area contributed by atoms with Gasteiger partial charge in [-0.2, -0.15) is 0 Å². The molecule has 0 aliphatic heterocycles. The second-order valence-electron chi connectivity index (χ2n) is 0.529. The first-order valence-electron chi connectivity index (χ1n) is 1.10. The number of rotatable bonds is 2. The summed E-state index contributed by atoms with van der Waals surface area (Å²) in [5, 5.41) is 14.9. The minimum Gasteiger partial charge on any atom is -0.105 e. The summed E-state index contributed by atoms with van der Waals surface area (Å²) < 4.78 is 0. The topological polar surface area (TPSA) is 95.5 Å². The van der Waals surface area contributed by atoms with Crippen LogP contribution in [0.15, 0.2) is 0 Å². The minimum atomic E-state index is -1.50. The molecule has 0 aliphatic rings. The standard InChI is InChI=1S/N2O5.Na/c3-1(4)7-2(5)6;/q;+1. The molecule has 7 nitrogen and oxygen atoms in total. The van der Waals surface area contributed by atoms with Gasteiger partial charge in [0.25, 0.3) is 0 Å². The molecule has 0 unspecified atom stereocenters. The van der Waals surface area contributed by atoms with E-state index in [0.717, 1.165) is 0 Å². The van der Waals surface area contributed by atoms with Gasteiger partial charge in [0.05, 0.1) is 0 Å². The second kappa shape index (κ2) is 4.75. The molecule has 0 spiro atoms. The van der Waals surface area contributed by atoms with E-state index in [9.17, 15) is 0 Å². The normalized spacial score (nSPS) is 6.50. The molecule has 8 heavy (non-hydrogen) atoms.